The molecule has 3 nitrogen and oxygen atoms in total. The Morgan fingerprint density at radius 3 is 2.31 bits per heavy atom. The van der Waals surface area contributed by atoms with Gasteiger partial charge in [0.1, 0.15) is 0 Å². The summed E-state index contributed by atoms with van der Waals surface area (Å²) in [7, 11) is 0. The molecule has 0 spiro atoms. The molecule has 0 bridgehead atoms. The predicted octanol–water partition coefficient (Wildman–Crippen LogP) is -0.702. The van der Waals surface area contributed by atoms with Crippen LogP contribution >= 0.6 is 0 Å². The molecular weight excluding hydrogens is 166 g/mol. The van der Waals surface area contributed by atoms with Gasteiger partial charge in [0.25, 0.3) is 0 Å². The maximum absolute atomic E-state index is 8.99. The number of hydrogen-bond donors (Lipinski definition) is 2. The summed E-state index contributed by atoms with van der Waals surface area (Å²) in [6.07, 6.45) is 10.7. The molecule has 72 valence electrons. The summed E-state index contributed by atoms with van der Waals surface area (Å²) in [6.45, 7) is 0.819. The first-order valence-electron chi connectivity index (χ1n) is 4.12. The van der Waals surface area contributed by atoms with Gasteiger partial charge in [-0.15, -0.1) is 18.8 Å². The standard InChI is InChI=1S/C10H15NO2/c1-3-5-10(9-13)11(6-4-2)7-8-12/h1-2,10,12-13H,5-9H2. The molecule has 13 heavy (non-hydrogen) atoms. The van der Waals surface area contributed by atoms with Crippen LogP contribution < -0.4 is 0 Å². The highest BCUT2D eigenvalue weighted by molar-refractivity contribution is 4.95. The first-order chi connectivity index (χ1) is 6.29. The lowest BCUT2D eigenvalue weighted by atomic mass is 10.2. The second kappa shape index (κ2) is 7.64. The molecule has 0 heterocycles. The van der Waals surface area contributed by atoms with Gasteiger partial charge in [0.2, 0.25) is 0 Å². The van der Waals surface area contributed by atoms with Crippen molar-refractivity contribution in [2.75, 3.05) is 26.3 Å². The third-order valence-corrected chi connectivity index (χ3v) is 1.76. The Morgan fingerprint density at radius 1 is 1.23 bits per heavy atom. The van der Waals surface area contributed by atoms with Crippen molar-refractivity contribution in [3.05, 3.63) is 0 Å². The van der Waals surface area contributed by atoms with Crippen molar-refractivity contribution >= 4 is 0 Å². The molecule has 0 aromatic rings. The number of nitrogens with zero attached hydrogens (tertiary/aromatic N) is 1. The molecule has 0 aromatic carbocycles. The quantitative estimate of drug-likeness (QED) is 0.532. The average molecular weight is 181 g/mol. The maximum atomic E-state index is 8.99. The normalized spacial score (nSPS) is 12.1. The number of aliphatic hydroxyl groups excluding tert-OH is 2. The van der Waals surface area contributed by atoms with Crippen LogP contribution in [0.4, 0.5) is 0 Å². The van der Waals surface area contributed by atoms with Gasteiger partial charge in [-0.25, -0.2) is 0 Å². The van der Waals surface area contributed by atoms with Crippen LogP contribution in [0.3, 0.4) is 0 Å². The minimum Gasteiger partial charge on any atom is -0.395 e. The van der Waals surface area contributed by atoms with E-state index in [0.29, 0.717) is 19.5 Å². The van der Waals surface area contributed by atoms with Gasteiger partial charge in [-0.1, -0.05) is 5.92 Å². The fourth-order valence-electron chi connectivity index (χ4n) is 1.08. The lowest BCUT2D eigenvalue weighted by Gasteiger charge is -2.26. The fraction of sp³-hybridized carbons (Fsp3) is 0.600. The summed E-state index contributed by atoms with van der Waals surface area (Å²) in [4.78, 5) is 1.79. The molecule has 0 amide bonds. The van der Waals surface area contributed by atoms with Crippen LogP contribution in [0.15, 0.2) is 0 Å². The number of terminal acetylenes is 2. The maximum Gasteiger partial charge on any atom is 0.0603 e. The van der Waals surface area contributed by atoms with Crippen LogP contribution in [0.1, 0.15) is 6.42 Å². The molecule has 3 heteroatoms. The van der Waals surface area contributed by atoms with E-state index < -0.39 is 0 Å². The Morgan fingerprint density at radius 2 is 1.92 bits per heavy atom. The Kier molecular flexibility index (Phi) is 7.05. The van der Waals surface area contributed by atoms with Crippen LogP contribution in [0.5, 0.6) is 0 Å². The number of hydrogen-bond acceptors (Lipinski definition) is 3. The van der Waals surface area contributed by atoms with Crippen molar-refractivity contribution in [3.8, 4) is 24.7 Å². The van der Waals surface area contributed by atoms with E-state index in [1.54, 1.807) is 4.90 Å². The highest BCUT2D eigenvalue weighted by atomic mass is 16.3. The largest absolute Gasteiger partial charge is 0.395 e. The molecule has 2 N–H and O–H groups in total. The summed E-state index contributed by atoms with van der Waals surface area (Å²) in [6, 6.07) is -0.145. The smallest absolute Gasteiger partial charge is 0.0603 e. The summed E-state index contributed by atoms with van der Waals surface area (Å²) in [5, 5.41) is 17.7. The highest BCUT2D eigenvalue weighted by Crippen LogP contribution is 2.01. The van der Waals surface area contributed by atoms with Gasteiger partial charge in [0, 0.05) is 19.0 Å². The van der Waals surface area contributed by atoms with Gasteiger partial charge in [-0.05, 0) is 0 Å². The van der Waals surface area contributed by atoms with E-state index in [1.807, 2.05) is 0 Å². The highest BCUT2D eigenvalue weighted by Gasteiger charge is 2.14. The first-order valence-corrected chi connectivity index (χ1v) is 4.12. The van der Waals surface area contributed by atoms with Crippen molar-refractivity contribution in [1.82, 2.24) is 4.90 Å². The van der Waals surface area contributed by atoms with Gasteiger partial charge in [0.15, 0.2) is 0 Å². The monoisotopic (exact) mass is 181 g/mol. The average Bonchev–Trinajstić information content (AvgIpc) is 2.14. The molecule has 1 unspecified atom stereocenters. The molecular formula is C10H15NO2. The Labute approximate surface area is 79.4 Å². The van der Waals surface area contributed by atoms with Crippen LogP contribution in [0.2, 0.25) is 0 Å². The molecule has 0 saturated carbocycles. The molecule has 0 radical (unpaired) electrons. The number of aliphatic hydroxyl groups is 2. The fourth-order valence-corrected chi connectivity index (χ4v) is 1.08. The molecule has 0 saturated heterocycles. The van der Waals surface area contributed by atoms with E-state index in [-0.39, 0.29) is 19.3 Å². The van der Waals surface area contributed by atoms with E-state index in [4.69, 9.17) is 23.1 Å². The SMILES string of the molecule is C#CCC(CO)N(CC#C)CCO. The van der Waals surface area contributed by atoms with Crippen molar-refractivity contribution in [2.45, 2.75) is 12.5 Å². The zero-order valence-electron chi connectivity index (χ0n) is 7.61. The van der Waals surface area contributed by atoms with E-state index in [1.165, 1.54) is 0 Å². The van der Waals surface area contributed by atoms with E-state index in [0.717, 1.165) is 0 Å². The van der Waals surface area contributed by atoms with E-state index >= 15 is 0 Å². The second-order valence-corrected chi connectivity index (χ2v) is 2.64. The summed E-state index contributed by atoms with van der Waals surface area (Å²) in [5.41, 5.74) is 0. The van der Waals surface area contributed by atoms with Gasteiger partial charge >= 0.3 is 0 Å². The lowest BCUT2D eigenvalue weighted by molar-refractivity contribution is 0.116. The molecule has 0 aliphatic heterocycles. The zero-order valence-corrected chi connectivity index (χ0v) is 7.61. The van der Waals surface area contributed by atoms with Gasteiger partial charge in [-0.3, -0.25) is 4.90 Å². The van der Waals surface area contributed by atoms with Crippen molar-refractivity contribution in [1.29, 1.82) is 0 Å². The van der Waals surface area contributed by atoms with Crippen molar-refractivity contribution in [3.63, 3.8) is 0 Å². The van der Waals surface area contributed by atoms with Crippen molar-refractivity contribution < 1.29 is 10.2 Å². The number of rotatable bonds is 6. The molecule has 0 aliphatic carbocycles. The third kappa shape index (κ3) is 4.55. The Balaban J connectivity index is 4.14. The van der Waals surface area contributed by atoms with Gasteiger partial charge < -0.3 is 10.2 Å². The second-order valence-electron chi connectivity index (χ2n) is 2.64. The zero-order chi connectivity index (χ0) is 10.1. The Hall–Kier alpha value is -1.00. The van der Waals surface area contributed by atoms with Crippen molar-refractivity contribution in [2.24, 2.45) is 0 Å². The molecule has 0 fully saturated rings. The lowest BCUT2D eigenvalue weighted by Crippen LogP contribution is -2.39. The molecule has 0 rings (SSSR count). The van der Waals surface area contributed by atoms with Crippen LogP contribution in [0.25, 0.3) is 0 Å². The van der Waals surface area contributed by atoms with Crippen LogP contribution in [0, 0.1) is 24.7 Å². The van der Waals surface area contributed by atoms with E-state index in [2.05, 4.69) is 11.8 Å². The minimum atomic E-state index is -0.145. The van der Waals surface area contributed by atoms with Crippen LogP contribution in [-0.2, 0) is 0 Å². The molecule has 1 atom stereocenters. The van der Waals surface area contributed by atoms with Gasteiger partial charge in [-0.2, -0.15) is 0 Å². The summed E-state index contributed by atoms with van der Waals surface area (Å²) < 4.78 is 0. The third-order valence-electron chi connectivity index (χ3n) is 1.76. The summed E-state index contributed by atoms with van der Waals surface area (Å²) >= 11 is 0. The topological polar surface area (TPSA) is 43.7 Å². The van der Waals surface area contributed by atoms with E-state index in [9.17, 15) is 0 Å². The Bertz CT molecular complexity index is 202. The minimum absolute atomic E-state index is 0.0166. The van der Waals surface area contributed by atoms with Crippen LogP contribution in [-0.4, -0.2) is 47.5 Å². The first kappa shape index (κ1) is 12.0. The summed E-state index contributed by atoms with van der Waals surface area (Å²) in [5.74, 6) is 4.93. The predicted molar refractivity (Wildman–Crippen MR) is 51.8 cm³/mol. The van der Waals surface area contributed by atoms with Gasteiger partial charge in [0.05, 0.1) is 19.8 Å². The molecule has 0 aromatic heterocycles. The molecule has 0 aliphatic rings.